The highest BCUT2D eigenvalue weighted by Gasteiger charge is 2.64. The first kappa shape index (κ1) is 41.0. The van der Waals surface area contributed by atoms with E-state index < -0.39 is 56.8 Å². The second kappa shape index (κ2) is 20.4. The molecule has 0 spiro atoms. The van der Waals surface area contributed by atoms with Gasteiger partial charge in [0, 0.05) is 57.5 Å². The summed E-state index contributed by atoms with van der Waals surface area (Å²) >= 11 is 0. The van der Waals surface area contributed by atoms with Gasteiger partial charge in [0.2, 0.25) is 11.8 Å². The molecular weight excluding hydrogens is 669 g/mol. The Balaban J connectivity index is 1.95. The molecule has 0 bridgehead atoms. The molecule has 0 aliphatic heterocycles. The molecule has 48 heavy (non-hydrogen) atoms. The van der Waals surface area contributed by atoms with E-state index in [1.54, 1.807) is 4.90 Å². The van der Waals surface area contributed by atoms with Crippen LogP contribution in [-0.2, 0) is 29.8 Å². The van der Waals surface area contributed by atoms with E-state index in [1.807, 2.05) is 44.2 Å². The number of aliphatic hydroxyl groups excluding tert-OH is 1. The van der Waals surface area contributed by atoms with E-state index in [9.17, 15) is 43.5 Å². The normalized spacial score (nSPS) is 14.5. The van der Waals surface area contributed by atoms with Crippen LogP contribution in [-0.4, -0.2) is 121 Å². The summed E-state index contributed by atoms with van der Waals surface area (Å²) in [5, 5.41) is 23.9. The maximum absolute atomic E-state index is 13.5. The van der Waals surface area contributed by atoms with Gasteiger partial charge in [0.1, 0.15) is 18.2 Å². The average Bonchev–Trinajstić information content (AvgIpc) is 3.02. The molecule has 1 aromatic carbocycles. The zero-order chi connectivity index (χ0) is 35.7. The summed E-state index contributed by atoms with van der Waals surface area (Å²) in [6, 6.07) is 8.27. The van der Waals surface area contributed by atoms with Crippen LogP contribution in [0.3, 0.4) is 0 Å². The lowest BCUT2D eigenvalue weighted by Crippen LogP contribution is -2.52. The van der Waals surface area contributed by atoms with Crippen molar-refractivity contribution in [3.05, 3.63) is 60.2 Å². The molecule has 0 aliphatic rings. The molecule has 8 N–H and O–H groups in total. The van der Waals surface area contributed by atoms with Crippen LogP contribution in [0.1, 0.15) is 42.7 Å². The number of benzene rings is 1. The first-order valence-electron chi connectivity index (χ1n) is 15.1. The number of carbonyl (C=O) groups excluding carboxylic acids is 3. The van der Waals surface area contributed by atoms with E-state index in [1.165, 1.54) is 26.1 Å². The second-order valence-corrected chi connectivity index (χ2v) is 14.7. The van der Waals surface area contributed by atoms with Gasteiger partial charge in [-0.3, -0.25) is 28.8 Å². The van der Waals surface area contributed by atoms with Crippen molar-refractivity contribution in [1.82, 2.24) is 30.8 Å². The van der Waals surface area contributed by atoms with Crippen LogP contribution >= 0.6 is 15.6 Å². The summed E-state index contributed by atoms with van der Waals surface area (Å²) in [5.41, 5.74) is 0.896. The smallest absolute Gasteiger partial charge is 0.437 e. The minimum absolute atomic E-state index is 0.0636. The van der Waals surface area contributed by atoms with Gasteiger partial charge in [-0.1, -0.05) is 44.2 Å². The number of aliphatic hydroxyl groups is 2. The van der Waals surface area contributed by atoms with Crippen LogP contribution in [0.15, 0.2) is 48.9 Å². The fraction of sp³-hybridized carbons (Fsp3) is 0.536. The lowest BCUT2D eigenvalue weighted by Gasteiger charge is -2.25. The predicted octanol–water partition coefficient (Wildman–Crippen LogP) is -0.699. The van der Waals surface area contributed by atoms with Crippen molar-refractivity contribution in [3.63, 3.8) is 0 Å². The largest absolute Gasteiger partial charge is 0.555 e. The van der Waals surface area contributed by atoms with Crippen molar-refractivity contribution in [1.29, 1.82) is 0 Å². The van der Waals surface area contributed by atoms with Crippen molar-refractivity contribution in [3.8, 4) is 0 Å². The summed E-state index contributed by atoms with van der Waals surface area (Å²) in [6.45, 7) is 4.39. The van der Waals surface area contributed by atoms with Crippen LogP contribution < -0.4 is 16.0 Å². The van der Waals surface area contributed by atoms with Crippen LogP contribution in [0.2, 0.25) is 0 Å². The first-order chi connectivity index (χ1) is 22.7. The molecule has 0 aliphatic carbocycles. The Kier molecular flexibility index (Phi) is 17.4. The molecule has 0 saturated carbocycles. The van der Waals surface area contributed by atoms with Gasteiger partial charge in [0.25, 0.3) is 5.91 Å². The zero-order valence-electron chi connectivity index (χ0n) is 26.7. The van der Waals surface area contributed by atoms with Crippen LogP contribution in [0.4, 0.5) is 0 Å². The molecule has 3 amide bonds. The molecule has 3 unspecified atom stereocenters. The number of aromatic nitrogens is 2. The van der Waals surface area contributed by atoms with Gasteiger partial charge in [-0.2, -0.15) is 4.89 Å². The van der Waals surface area contributed by atoms with Gasteiger partial charge < -0.3 is 40.6 Å². The molecule has 2 aromatic rings. The van der Waals surface area contributed by atoms with Crippen molar-refractivity contribution >= 4 is 40.8 Å². The fourth-order valence-corrected chi connectivity index (χ4v) is 5.92. The molecule has 17 nitrogen and oxygen atoms in total. The van der Waals surface area contributed by atoms with E-state index in [0.717, 1.165) is 5.56 Å². The molecule has 2 rings (SSSR count). The molecule has 263 valence electrons. The Hall–Kier alpha value is -3.18. The van der Waals surface area contributed by atoms with Crippen LogP contribution in [0.5, 0.6) is 0 Å². The third-order valence-corrected chi connectivity index (χ3v) is 10.0. The fourth-order valence-electron chi connectivity index (χ4n) is 4.40. The lowest BCUT2D eigenvalue weighted by molar-refractivity contribution is -0.124. The highest BCUT2D eigenvalue weighted by Crippen LogP contribution is 2.61. The third kappa shape index (κ3) is 14.1. The van der Waals surface area contributed by atoms with Gasteiger partial charge in [0.15, 0.2) is 0 Å². The maximum Gasteiger partial charge on any atom is 0.555 e. The van der Waals surface area contributed by atoms with Crippen molar-refractivity contribution in [2.75, 3.05) is 39.4 Å². The summed E-state index contributed by atoms with van der Waals surface area (Å²) in [7, 11) is -7.80. The Morgan fingerprint density at radius 2 is 1.81 bits per heavy atom. The molecule has 1 aromatic heterocycles. The molecule has 20 heteroatoms. The summed E-state index contributed by atoms with van der Waals surface area (Å²) in [5.74, 6) is -2.41. The molecular formula is C28H43BN6O11P2+. The van der Waals surface area contributed by atoms with Gasteiger partial charge in [-0.15, -0.1) is 0 Å². The number of hydrogen-bond donors (Lipinski definition) is 8. The van der Waals surface area contributed by atoms with E-state index in [2.05, 4.69) is 25.9 Å². The SMILES string of the molecule is CC(C)CC([B]OCCN(CCO)CCNC(=O)CC(O)([P+](=O)O)P(=O)(O)O)NC(=O)[C@@H](Cc1ccccc1)NC(=O)c1cnccn1. The molecule has 0 saturated heterocycles. The molecule has 1 radical (unpaired) electrons. The molecule has 4 atom stereocenters. The predicted molar refractivity (Wildman–Crippen MR) is 174 cm³/mol. The number of nitrogens with one attached hydrogen (secondary N) is 3. The standard InChI is InChI=1S/C28H42BN6O11P2/c1-20(2)16-24(34-26(38)22(17-21-6-4-3-5-7-21)33-27(39)23-19-30-8-9-31-23)29-46-15-13-35(12-14-36)11-10-32-25(37)18-28(40,47(41)42)48(43,44)45/h3-9,19-20,22,24,36,40H,10-18H2,1-2H3,(H5-,32,33,34,37,38,39,41,42,43,44,45)/p+1/t22-,24?,28?/m1/s1. The monoisotopic (exact) mass is 712 g/mol. The lowest BCUT2D eigenvalue weighted by atomic mass is 9.81. The zero-order valence-corrected chi connectivity index (χ0v) is 28.5. The highest BCUT2D eigenvalue weighted by atomic mass is 31.2. The second-order valence-electron chi connectivity index (χ2n) is 11.2. The van der Waals surface area contributed by atoms with E-state index in [4.69, 9.17) is 9.55 Å². The number of hydrogen-bond acceptors (Lipinski definition) is 11. The van der Waals surface area contributed by atoms with Crippen molar-refractivity contribution < 1.29 is 53.1 Å². The summed E-state index contributed by atoms with van der Waals surface area (Å²) in [6.07, 6.45) is 3.56. The average molecular weight is 712 g/mol. The summed E-state index contributed by atoms with van der Waals surface area (Å²) < 4.78 is 28.5. The Morgan fingerprint density at radius 1 is 1.10 bits per heavy atom. The number of amides is 3. The van der Waals surface area contributed by atoms with Gasteiger partial charge >= 0.3 is 28.2 Å². The Morgan fingerprint density at radius 3 is 2.40 bits per heavy atom. The minimum Gasteiger partial charge on any atom is -0.437 e. The van der Waals surface area contributed by atoms with Crippen molar-refractivity contribution in [2.24, 2.45) is 5.92 Å². The molecule has 0 fully saturated rings. The van der Waals surface area contributed by atoms with Gasteiger partial charge in [-0.05, 0) is 22.5 Å². The minimum atomic E-state index is -5.50. The van der Waals surface area contributed by atoms with E-state index in [0.29, 0.717) is 6.42 Å². The molecule has 1 heterocycles. The van der Waals surface area contributed by atoms with E-state index >= 15 is 0 Å². The van der Waals surface area contributed by atoms with E-state index in [-0.39, 0.29) is 57.4 Å². The number of carbonyl (C=O) groups is 3. The van der Waals surface area contributed by atoms with Crippen LogP contribution in [0, 0.1) is 5.92 Å². The summed E-state index contributed by atoms with van der Waals surface area (Å²) in [4.78, 5) is 75.6. The number of rotatable bonds is 22. The van der Waals surface area contributed by atoms with Gasteiger partial charge in [0.05, 0.1) is 12.8 Å². The van der Waals surface area contributed by atoms with Crippen LogP contribution in [0.25, 0.3) is 0 Å². The first-order valence-corrected chi connectivity index (χ1v) is 17.9. The maximum atomic E-state index is 13.5. The Bertz CT molecular complexity index is 1380. The quantitative estimate of drug-likeness (QED) is 0.0427. The highest BCUT2D eigenvalue weighted by molar-refractivity contribution is 7.66. The number of nitrogens with zero attached hydrogens (tertiary/aromatic N) is 3. The third-order valence-electron chi connectivity index (χ3n) is 6.88. The topological polar surface area (TPSA) is 261 Å². The van der Waals surface area contributed by atoms with Crippen molar-refractivity contribution in [2.45, 2.75) is 50.2 Å². The van der Waals surface area contributed by atoms with Gasteiger partial charge in [-0.25, -0.2) is 4.98 Å². The Labute approximate surface area is 280 Å².